The number of thiazole rings is 1. The third kappa shape index (κ3) is 2.46. The van der Waals surface area contributed by atoms with E-state index in [1.54, 1.807) is 10.9 Å². The van der Waals surface area contributed by atoms with Crippen molar-refractivity contribution in [1.29, 1.82) is 0 Å². The molecule has 2 heterocycles. The van der Waals surface area contributed by atoms with E-state index in [0.717, 1.165) is 36.4 Å². The summed E-state index contributed by atoms with van der Waals surface area (Å²) in [5.74, 6) is -0.0763. The summed E-state index contributed by atoms with van der Waals surface area (Å²) in [6.45, 7) is 2.78. The van der Waals surface area contributed by atoms with Gasteiger partial charge in [-0.05, 0) is 26.2 Å². The molecular formula is C17H22N4O2S. The topological polar surface area (TPSA) is 69.0 Å². The van der Waals surface area contributed by atoms with E-state index in [2.05, 4.69) is 15.4 Å². The van der Waals surface area contributed by atoms with Gasteiger partial charge in [-0.25, -0.2) is 4.98 Å². The molecule has 0 aromatic carbocycles. The molecule has 24 heavy (non-hydrogen) atoms. The minimum absolute atomic E-state index is 0.0763. The molecule has 2 aliphatic carbocycles. The van der Waals surface area contributed by atoms with Gasteiger partial charge in [0.1, 0.15) is 10.7 Å². The van der Waals surface area contributed by atoms with Crippen molar-refractivity contribution in [2.24, 2.45) is 12.5 Å². The van der Waals surface area contributed by atoms with Crippen LogP contribution in [0.25, 0.3) is 10.6 Å². The Kier molecular flexibility index (Phi) is 3.92. The Morgan fingerprint density at radius 1 is 1.54 bits per heavy atom. The van der Waals surface area contributed by atoms with Crippen LogP contribution in [0, 0.1) is 5.41 Å². The first-order chi connectivity index (χ1) is 11.6. The molecule has 1 N–H and O–H groups in total. The monoisotopic (exact) mass is 346 g/mol. The Balaban J connectivity index is 1.43. The molecule has 6 nitrogen and oxygen atoms in total. The fourth-order valence-corrected chi connectivity index (χ4v) is 4.69. The summed E-state index contributed by atoms with van der Waals surface area (Å²) in [6, 6.07) is 0.221. The molecule has 2 aliphatic rings. The second-order valence-corrected chi connectivity index (χ2v) is 7.59. The Labute approximate surface area is 145 Å². The van der Waals surface area contributed by atoms with Crippen LogP contribution in [-0.4, -0.2) is 39.4 Å². The highest BCUT2D eigenvalue weighted by Gasteiger charge is 2.59. The van der Waals surface area contributed by atoms with Gasteiger partial charge in [0.15, 0.2) is 0 Å². The van der Waals surface area contributed by atoms with Gasteiger partial charge >= 0.3 is 0 Å². The van der Waals surface area contributed by atoms with E-state index in [1.165, 1.54) is 17.8 Å². The largest absolute Gasteiger partial charge is 0.378 e. The first kappa shape index (κ1) is 15.8. The molecule has 0 bridgehead atoms. The van der Waals surface area contributed by atoms with Gasteiger partial charge < -0.3 is 10.1 Å². The van der Waals surface area contributed by atoms with Crippen molar-refractivity contribution in [1.82, 2.24) is 20.1 Å². The zero-order chi connectivity index (χ0) is 16.7. The maximum absolute atomic E-state index is 12.6. The van der Waals surface area contributed by atoms with E-state index >= 15 is 0 Å². The number of carbonyl (C=O) groups excluding carboxylic acids is 1. The molecule has 1 amide bonds. The van der Waals surface area contributed by atoms with Gasteiger partial charge in [-0.15, -0.1) is 11.3 Å². The van der Waals surface area contributed by atoms with Crippen molar-refractivity contribution < 1.29 is 9.53 Å². The van der Waals surface area contributed by atoms with Crippen molar-refractivity contribution in [3.05, 3.63) is 23.5 Å². The highest BCUT2D eigenvalue weighted by Crippen LogP contribution is 2.57. The lowest BCUT2D eigenvalue weighted by Gasteiger charge is -2.60. The number of amides is 1. The molecule has 0 radical (unpaired) electrons. The molecule has 1 spiro atoms. The smallest absolute Gasteiger partial charge is 0.271 e. The van der Waals surface area contributed by atoms with Crippen molar-refractivity contribution in [3.63, 3.8) is 0 Å². The normalized spacial score (nSPS) is 24.4. The number of nitrogens with one attached hydrogen (secondary N) is 1. The van der Waals surface area contributed by atoms with Gasteiger partial charge in [-0.2, -0.15) is 5.10 Å². The first-order valence-corrected chi connectivity index (χ1v) is 9.37. The predicted octanol–water partition coefficient (Wildman–Crippen LogP) is 2.62. The van der Waals surface area contributed by atoms with Gasteiger partial charge in [0.2, 0.25) is 0 Å². The van der Waals surface area contributed by atoms with Crippen LogP contribution in [0.3, 0.4) is 0 Å². The second-order valence-electron chi connectivity index (χ2n) is 6.73. The summed E-state index contributed by atoms with van der Waals surface area (Å²) in [6.07, 6.45) is 8.44. The van der Waals surface area contributed by atoms with Crippen LogP contribution in [0.4, 0.5) is 0 Å². The predicted molar refractivity (Wildman–Crippen MR) is 91.9 cm³/mol. The van der Waals surface area contributed by atoms with Crippen molar-refractivity contribution in [2.75, 3.05) is 6.61 Å². The first-order valence-electron chi connectivity index (χ1n) is 8.49. The van der Waals surface area contributed by atoms with Crippen LogP contribution < -0.4 is 5.32 Å². The molecule has 4 rings (SSSR count). The molecule has 0 aliphatic heterocycles. The van der Waals surface area contributed by atoms with E-state index < -0.39 is 0 Å². The molecule has 2 fully saturated rings. The maximum atomic E-state index is 12.6. The van der Waals surface area contributed by atoms with Crippen LogP contribution >= 0.6 is 11.3 Å². The lowest BCUT2D eigenvalue weighted by Crippen LogP contribution is -2.67. The Hall–Kier alpha value is -1.73. The van der Waals surface area contributed by atoms with Crippen molar-refractivity contribution in [3.8, 4) is 10.6 Å². The summed E-state index contributed by atoms with van der Waals surface area (Å²) in [4.78, 5) is 17.0. The highest BCUT2D eigenvalue weighted by molar-refractivity contribution is 7.13. The summed E-state index contributed by atoms with van der Waals surface area (Å²) >= 11 is 1.48. The molecule has 2 saturated carbocycles. The highest BCUT2D eigenvalue weighted by atomic mass is 32.1. The van der Waals surface area contributed by atoms with Crippen LogP contribution in [0.1, 0.15) is 43.1 Å². The van der Waals surface area contributed by atoms with Gasteiger partial charge in [0, 0.05) is 42.3 Å². The number of nitrogens with zero attached hydrogens (tertiary/aromatic N) is 3. The van der Waals surface area contributed by atoms with E-state index in [9.17, 15) is 4.79 Å². The van der Waals surface area contributed by atoms with Gasteiger partial charge in [-0.3, -0.25) is 9.48 Å². The van der Waals surface area contributed by atoms with Gasteiger partial charge in [0.25, 0.3) is 5.91 Å². The molecule has 2 atom stereocenters. The minimum Gasteiger partial charge on any atom is -0.378 e. The number of aromatic nitrogens is 3. The van der Waals surface area contributed by atoms with Gasteiger partial charge in [-0.1, -0.05) is 6.42 Å². The Morgan fingerprint density at radius 2 is 2.38 bits per heavy atom. The summed E-state index contributed by atoms with van der Waals surface area (Å²) in [5.41, 5.74) is 1.61. The fraction of sp³-hybridized carbons (Fsp3) is 0.588. The minimum atomic E-state index is -0.0763. The molecule has 7 heteroatoms. The van der Waals surface area contributed by atoms with E-state index in [1.807, 2.05) is 25.5 Å². The average molecular weight is 346 g/mol. The van der Waals surface area contributed by atoms with E-state index in [-0.39, 0.29) is 17.4 Å². The third-order valence-corrected chi connectivity index (χ3v) is 6.32. The zero-order valence-corrected chi connectivity index (χ0v) is 14.8. The van der Waals surface area contributed by atoms with E-state index in [0.29, 0.717) is 11.8 Å². The van der Waals surface area contributed by atoms with Crippen molar-refractivity contribution >= 4 is 17.2 Å². The Morgan fingerprint density at radius 3 is 3.00 bits per heavy atom. The zero-order valence-electron chi connectivity index (χ0n) is 14.0. The number of aryl methyl sites for hydroxylation is 1. The lowest BCUT2D eigenvalue weighted by molar-refractivity contribution is -0.169. The van der Waals surface area contributed by atoms with E-state index in [4.69, 9.17) is 4.74 Å². The lowest BCUT2D eigenvalue weighted by atomic mass is 9.51. The van der Waals surface area contributed by atoms with Gasteiger partial charge in [0.05, 0.1) is 12.3 Å². The van der Waals surface area contributed by atoms with Crippen LogP contribution in [-0.2, 0) is 11.8 Å². The molecule has 0 unspecified atom stereocenters. The summed E-state index contributed by atoms with van der Waals surface area (Å²) < 4.78 is 7.58. The molecule has 128 valence electrons. The number of hydrogen-bond acceptors (Lipinski definition) is 5. The standard InChI is InChI=1S/C17H22N4O2S/c1-3-23-14-7-13(17(14)5-4-6-17)20-15(22)12-10-24-16(19-12)11-8-18-21(2)9-11/h8-10,13-14H,3-7H2,1-2H3,(H,20,22)/t13-,14-/m1/s1. The fourth-order valence-electron chi connectivity index (χ4n) is 3.92. The Bertz CT molecular complexity index is 749. The maximum Gasteiger partial charge on any atom is 0.271 e. The van der Waals surface area contributed by atoms with Crippen LogP contribution in [0.2, 0.25) is 0 Å². The second kappa shape index (κ2) is 5.97. The SMILES string of the molecule is CCO[C@@H]1C[C@@H](NC(=O)c2csc(-c3cnn(C)c3)n2)C12CCC2. The number of carbonyl (C=O) groups is 1. The van der Waals surface area contributed by atoms with Crippen LogP contribution in [0.15, 0.2) is 17.8 Å². The van der Waals surface area contributed by atoms with Crippen LogP contribution in [0.5, 0.6) is 0 Å². The third-order valence-electron chi connectivity index (χ3n) is 5.43. The number of hydrogen-bond donors (Lipinski definition) is 1. The molecule has 2 aromatic heterocycles. The quantitative estimate of drug-likeness (QED) is 0.903. The number of ether oxygens (including phenoxy) is 1. The summed E-state index contributed by atoms with van der Waals surface area (Å²) in [7, 11) is 1.87. The average Bonchev–Trinajstić information content (AvgIpc) is 3.12. The van der Waals surface area contributed by atoms with Crippen molar-refractivity contribution in [2.45, 2.75) is 44.8 Å². The molecule has 2 aromatic rings. The number of rotatable bonds is 5. The summed E-state index contributed by atoms with van der Waals surface area (Å²) in [5, 5.41) is 9.99. The molecule has 0 saturated heterocycles. The molecular weight excluding hydrogens is 324 g/mol.